The Bertz CT molecular complexity index is 360. The van der Waals surface area contributed by atoms with E-state index < -0.39 is 0 Å². The molecule has 0 heterocycles. The maximum absolute atomic E-state index is 6.82. The first kappa shape index (κ1) is 9.27. The van der Waals surface area contributed by atoms with Crippen molar-refractivity contribution in [3.8, 4) is 0 Å². The van der Waals surface area contributed by atoms with Crippen LogP contribution in [-0.4, -0.2) is 6.54 Å². The Kier molecular flexibility index (Phi) is 2.84. The van der Waals surface area contributed by atoms with Crippen molar-refractivity contribution in [2.24, 2.45) is 0 Å². The quantitative estimate of drug-likeness (QED) is 0.624. The summed E-state index contributed by atoms with van der Waals surface area (Å²) >= 11 is 0. The molecule has 0 saturated carbocycles. The van der Waals surface area contributed by atoms with Crippen molar-refractivity contribution < 1.29 is 0 Å². The Balaban J connectivity index is 2.27. The molecule has 0 saturated heterocycles. The standard InChI is InChI=1S/C13H15N/c1-14-10-9-12-7-4-6-11-5-2-3-8-13(11)12/h4,6-7H,2-3,5,8-10H2. The van der Waals surface area contributed by atoms with Crippen molar-refractivity contribution in [2.75, 3.05) is 6.54 Å². The zero-order valence-corrected chi connectivity index (χ0v) is 8.42. The first-order valence-electron chi connectivity index (χ1n) is 5.34. The SMILES string of the molecule is [C-]#[N+]CCc1cccc2c1CCCC2. The van der Waals surface area contributed by atoms with E-state index in [-0.39, 0.29) is 0 Å². The summed E-state index contributed by atoms with van der Waals surface area (Å²) in [4.78, 5) is 3.43. The molecule has 0 radical (unpaired) electrons. The molecule has 0 aliphatic heterocycles. The molecule has 1 aromatic rings. The maximum atomic E-state index is 6.82. The molecule has 1 nitrogen and oxygen atoms in total. The lowest BCUT2D eigenvalue weighted by molar-refractivity contribution is 0.678. The molecule has 1 aromatic carbocycles. The van der Waals surface area contributed by atoms with Gasteiger partial charge in [-0.3, -0.25) is 0 Å². The van der Waals surface area contributed by atoms with E-state index in [0.29, 0.717) is 6.54 Å². The van der Waals surface area contributed by atoms with Gasteiger partial charge in [0, 0.05) is 6.42 Å². The molecule has 0 bridgehead atoms. The number of hydrogen-bond acceptors (Lipinski definition) is 0. The summed E-state index contributed by atoms with van der Waals surface area (Å²) in [5, 5.41) is 0. The van der Waals surface area contributed by atoms with Crippen LogP contribution in [0.25, 0.3) is 4.85 Å². The van der Waals surface area contributed by atoms with Gasteiger partial charge in [0.25, 0.3) is 0 Å². The van der Waals surface area contributed by atoms with E-state index in [4.69, 9.17) is 6.57 Å². The van der Waals surface area contributed by atoms with Gasteiger partial charge in [-0.1, -0.05) is 18.2 Å². The molecule has 0 atom stereocenters. The van der Waals surface area contributed by atoms with E-state index in [1.807, 2.05) is 0 Å². The molecule has 72 valence electrons. The Morgan fingerprint density at radius 3 is 2.93 bits per heavy atom. The van der Waals surface area contributed by atoms with Gasteiger partial charge in [-0.05, 0) is 42.4 Å². The van der Waals surface area contributed by atoms with Crippen molar-refractivity contribution in [3.63, 3.8) is 0 Å². The molecule has 0 amide bonds. The minimum Gasteiger partial charge on any atom is -0.317 e. The highest BCUT2D eigenvalue weighted by Gasteiger charge is 2.12. The van der Waals surface area contributed by atoms with Gasteiger partial charge in [0.1, 0.15) is 0 Å². The normalized spacial score (nSPS) is 14.5. The first-order chi connectivity index (χ1) is 6.92. The van der Waals surface area contributed by atoms with Crippen LogP contribution in [0, 0.1) is 6.57 Å². The van der Waals surface area contributed by atoms with Crippen molar-refractivity contribution in [2.45, 2.75) is 32.1 Å². The largest absolute Gasteiger partial charge is 0.317 e. The van der Waals surface area contributed by atoms with Crippen LogP contribution in [0.3, 0.4) is 0 Å². The van der Waals surface area contributed by atoms with Gasteiger partial charge in [-0.15, -0.1) is 0 Å². The number of fused-ring (bicyclic) bond motifs is 1. The van der Waals surface area contributed by atoms with Crippen LogP contribution in [0.4, 0.5) is 0 Å². The predicted octanol–water partition coefficient (Wildman–Crippen LogP) is 3.03. The zero-order valence-electron chi connectivity index (χ0n) is 8.42. The van der Waals surface area contributed by atoms with E-state index in [1.54, 1.807) is 5.56 Å². The summed E-state index contributed by atoms with van der Waals surface area (Å²) < 4.78 is 0. The van der Waals surface area contributed by atoms with Crippen LogP contribution in [-0.2, 0) is 19.3 Å². The summed E-state index contributed by atoms with van der Waals surface area (Å²) in [7, 11) is 0. The molecule has 0 fully saturated rings. The number of nitrogens with zero attached hydrogens (tertiary/aromatic N) is 1. The average Bonchev–Trinajstić information content (AvgIpc) is 2.26. The van der Waals surface area contributed by atoms with Gasteiger partial charge in [0.2, 0.25) is 6.54 Å². The Labute approximate surface area is 85.6 Å². The van der Waals surface area contributed by atoms with Gasteiger partial charge >= 0.3 is 0 Å². The number of benzene rings is 1. The first-order valence-corrected chi connectivity index (χ1v) is 5.34. The monoisotopic (exact) mass is 185 g/mol. The van der Waals surface area contributed by atoms with Crippen LogP contribution in [0.5, 0.6) is 0 Å². The minimum absolute atomic E-state index is 0.635. The zero-order chi connectivity index (χ0) is 9.80. The van der Waals surface area contributed by atoms with Crippen molar-refractivity contribution in [3.05, 3.63) is 46.3 Å². The van der Waals surface area contributed by atoms with Gasteiger partial charge < -0.3 is 4.85 Å². The molecule has 1 heteroatoms. The van der Waals surface area contributed by atoms with E-state index in [9.17, 15) is 0 Å². The third-order valence-corrected chi connectivity index (χ3v) is 2.99. The lowest BCUT2D eigenvalue weighted by atomic mass is 9.87. The molecular formula is C13H15N. The fourth-order valence-electron chi connectivity index (χ4n) is 2.27. The third kappa shape index (κ3) is 1.80. The Hall–Kier alpha value is -1.29. The summed E-state index contributed by atoms with van der Waals surface area (Å²) in [5.74, 6) is 0. The molecule has 14 heavy (non-hydrogen) atoms. The van der Waals surface area contributed by atoms with Gasteiger partial charge in [-0.25, -0.2) is 6.57 Å². The van der Waals surface area contributed by atoms with Crippen molar-refractivity contribution >= 4 is 0 Å². The second kappa shape index (κ2) is 4.28. The summed E-state index contributed by atoms with van der Waals surface area (Å²) in [6.45, 7) is 7.45. The molecule has 0 spiro atoms. The highest BCUT2D eigenvalue weighted by Crippen LogP contribution is 2.24. The maximum Gasteiger partial charge on any atom is 0.218 e. The summed E-state index contributed by atoms with van der Waals surface area (Å²) in [6, 6.07) is 6.58. The second-order valence-corrected chi connectivity index (χ2v) is 3.89. The van der Waals surface area contributed by atoms with Gasteiger partial charge in [0.05, 0.1) is 0 Å². The smallest absolute Gasteiger partial charge is 0.218 e. The molecule has 0 N–H and O–H groups in total. The fourth-order valence-corrected chi connectivity index (χ4v) is 2.27. The average molecular weight is 185 g/mol. The Morgan fingerprint density at radius 2 is 2.07 bits per heavy atom. The molecule has 1 aliphatic rings. The summed E-state index contributed by atoms with van der Waals surface area (Å²) in [5.41, 5.74) is 4.49. The lowest BCUT2D eigenvalue weighted by Crippen LogP contribution is -2.06. The highest BCUT2D eigenvalue weighted by atomic mass is 14.6. The van der Waals surface area contributed by atoms with Gasteiger partial charge in [-0.2, -0.15) is 0 Å². The molecule has 2 rings (SSSR count). The topological polar surface area (TPSA) is 4.36 Å². The van der Waals surface area contributed by atoms with Crippen LogP contribution in [0.1, 0.15) is 29.5 Å². The Morgan fingerprint density at radius 1 is 1.21 bits per heavy atom. The fraction of sp³-hybridized carbons (Fsp3) is 0.462. The number of aryl methyl sites for hydroxylation is 1. The molecule has 0 unspecified atom stereocenters. The van der Waals surface area contributed by atoms with Crippen LogP contribution < -0.4 is 0 Å². The highest BCUT2D eigenvalue weighted by molar-refractivity contribution is 5.37. The lowest BCUT2D eigenvalue weighted by Gasteiger charge is -2.18. The van der Waals surface area contributed by atoms with E-state index in [2.05, 4.69) is 23.0 Å². The van der Waals surface area contributed by atoms with Crippen molar-refractivity contribution in [1.82, 2.24) is 0 Å². The van der Waals surface area contributed by atoms with Crippen LogP contribution in [0.2, 0.25) is 0 Å². The predicted molar refractivity (Wildman–Crippen MR) is 58.3 cm³/mol. The number of hydrogen-bond donors (Lipinski definition) is 0. The van der Waals surface area contributed by atoms with Crippen LogP contribution >= 0.6 is 0 Å². The second-order valence-electron chi connectivity index (χ2n) is 3.89. The van der Waals surface area contributed by atoms with E-state index >= 15 is 0 Å². The van der Waals surface area contributed by atoms with Crippen molar-refractivity contribution in [1.29, 1.82) is 0 Å². The van der Waals surface area contributed by atoms with Crippen LogP contribution in [0.15, 0.2) is 18.2 Å². The third-order valence-electron chi connectivity index (χ3n) is 2.99. The summed E-state index contributed by atoms with van der Waals surface area (Å²) in [6.07, 6.45) is 6.05. The minimum atomic E-state index is 0.635. The number of rotatable bonds is 2. The van der Waals surface area contributed by atoms with Gasteiger partial charge in [0.15, 0.2) is 0 Å². The van der Waals surface area contributed by atoms with E-state index in [0.717, 1.165) is 6.42 Å². The molecule has 0 aromatic heterocycles. The molecule has 1 aliphatic carbocycles. The molecular weight excluding hydrogens is 170 g/mol. The van der Waals surface area contributed by atoms with E-state index in [1.165, 1.54) is 36.8 Å².